The van der Waals surface area contributed by atoms with Crippen LogP contribution in [0.5, 0.6) is 5.75 Å². The topological polar surface area (TPSA) is 114 Å². The maximum atomic E-state index is 12.6. The van der Waals surface area contributed by atoms with Gasteiger partial charge in [-0.25, -0.2) is 0 Å². The van der Waals surface area contributed by atoms with E-state index in [0.717, 1.165) is 36.9 Å². The van der Waals surface area contributed by atoms with Crippen LogP contribution >= 0.6 is 0 Å². The van der Waals surface area contributed by atoms with Crippen molar-refractivity contribution in [1.82, 2.24) is 4.57 Å². The molecule has 0 bridgehead atoms. The largest absolute Gasteiger partial charge is 0.482 e. The van der Waals surface area contributed by atoms with Crippen molar-refractivity contribution in [3.63, 3.8) is 0 Å². The summed E-state index contributed by atoms with van der Waals surface area (Å²) in [7, 11) is 0. The normalized spacial score (nSPS) is 15.5. The molecule has 1 aliphatic heterocycles. The molecule has 1 saturated carbocycles. The fourth-order valence-corrected chi connectivity index (χ4v) is 4.52. The first kappa shape index (κ1) is 22.4. The summed E-state index contributed by atoms with van der Waals surface area (Å²) in [4.78, 5) is 38.5. The van der Waals surface area contributed by atoms with Crippen molar-refractivity contribution in [1.29, 1.82) is 5.26 Å². The van der Waals surface area contributed by atoms with Gasteiger partial charge in [0, 0.05) is 11.7 Å². The molecule has 9 heteroatoms. The Balaban J connectivity index is 1.41. The van der Waals surface area contributed by atoms with Gasteiger partial charge >= 0.3 is 5.97 Å². The van der Waals surface area contributed by atoms with Gasteiger partial charge in [-0.05, 0) is 44.4 Å². The number of nitrogens with zero attached hydrogens (tertiary/aromatic N) is 3. The second kappa shape index (κ2) is 9.36. The number of benzene rings is 1. The van der Waals surface area contributed by atoms with E-state index in [1.54, 1.807) is 24.3 Å². The number of carbonyl (C=O) groups excluding carboxylic acids is 3. The Bertz CT molecular complexity index is 1140. The molecule has 9 nitrogen and oxygen atoms in total. The molecule has 0 radical (unpaired) electrons. The Morgan fingerprint density at radius 2 is 1.97 bits per heavy atom. The summed E-state index contributed by atoms with van der Waals surface area (Å²) < 4.78 is 12.5. The minimum absolute atomic E-state index is 0.168. The first-order valence-electron chi connectivity index (χ1n) is 11.0. The van der Waals surface area contributed by atoms with Gasteiger partial charge in [0.1, 0.15) is 24.2 Å². The maximum absolute atomic E-state index is 12.6. The van der Waals surface area contributed by atoms with E-state index in [1.165, 1.54) is 4.90 Å². The highest BCUT2D eigenvalue weighted by Crippen LogP contribution is 2.37. The van der Waals surface area contributed by atoms with E-state index in [2.05, 4.69) is 11.4 Å². The van der Waals surface area contributed by atoms with E-state index < -0.39 is 18.5 Å². The van der Waals surface area contributed by atoms with Gasteiger partial charge in [-0.1, -0.05) is 25.0 Å². The van der Waals surface area contributed by atoms with Crippen molar-refractivity contribution in [3.8, 4) is 11.8 Å². The number of anilines is 2. The third-order valence-corrected chi connectivity index (χ3v) is 6.28. The van der Waals surface area contributed by atoms with Crippen molar-refractivity contribution < 1.29 is 23.9 Å². The number of fused-ring (bicyclic) bond motifs is 1. The summed E-state index contributed by atoms with van der Waals surface area (Å²) in [6, 6.07) is 9.32. The number of para-hydroxylation sites is 2. The van der Waals surface area contributed by atoms with Gasteiger partial charge in [-0.2, -0.15) is 5.26 Å². The Morgan fingerprint density at radius 1 is 1.24 bits per heavy atom. The SMILES string of the molecule is Cc1c(C#N)c(NC(=O)COC(=O)CN2C(=O)COc3ccccc32)n(C2CCCC2)c1C. The lowest BCUT2D eigenvalue weighted by molar-refractivity contribution is -0.146. The molecule has 1 aromatic carbocycles. The molecular weight excluding hydrogens is 424 g/mol. The average molecular weight is 450 g/mol. The number of hydrogen-bond acceptors (Lipinski definition) is 6. The lowest BCUT2D eigenvalue weighted by Crippen LogP contribution is -2.42. The molecule has 1 fully saturated rings. The van der Waals surface area contributed by atoms with Gasteiger partial charge in [0.2, 0.25) is 0 Å². The number of aromatic nitrogens is 1. The van der Waals surface area contributed by atoms with Crippen molar-refractivity contribution >= 4 is 29.3 Å². The molecule has 0 saturated heterocycles. The molecule has 4 rings (SSSR count). The fraction of sp³-hybridized carbons (Fsp3) is 0.417. The average Bonchev–Trinajstić information content (AvgIpc) is 3.41. The number of nitriles is 1. The number of rotatable bonds is 6. The van der Waals surface area contributed by atoms with Gasteiger partial charge in [0.05, 0.1) is 11.3 Å². The number of nitrogens with one attached hydrogen (secondary N) is 1. The number of carbonyl (C=O) groups is 3. The third kappa shape index (κ3) is 4.42. The summed E-state index contributed by atoms with van der Waals surface area (Å²) in [6.07, 6.45) is 4.20. The predicted molar refractivity (Wildman–Crippen MR) is 120 cm³/mol. The lowest BCUT2D eigenvalue weighted by Gasteiger charge is -2.28. The Labute approximate surface area is 191 Å². The molecule has 0 atom stereocenters. The van der Waals surface area contributed by atoms with E-state index in [0.29, 0.717) is 22.8 Å². The quantitative estimate of drug-likeness (QED) is 0.677. The number of hydrogen-bond donors (Lipinski definition) is 1. The van der Waals surface area contributed by atoms with Crippen molar-refractivity contribution in [2.24, 2.45) is 0 Å². The van der Waals surface area contributed by atoms with Crippen LogP contribution in [0.2, 0.25) is 0 Å². The van der Waals surface area contributed by atoms with E-state index in [-0.39, 0.29) is 25.1 Å². The van der Waals surface area contributed by atoms with Crippen molar-refractivity contribution in [2.75, 3.05) is 30.0 Å². The summed E-state index contributed by atoms with van der Waals surface area (Å²) in [5.41, 5.74) is 2.69. The Kier molecular flexibility index (Phi) is 6.36. The lowest BCUT2D eigenvalue weighted by atomic mass is 10.2. The van der Waals surface area contributed by atoms with E-state index in [4.69, 9.17) is 9.47 Å². The van der Waals surface area contributed by atoms with Crippen molar-refractivity contribution in [2.45, 2.75) is 45.6 Å². The first-order chi connectivity index (χ1) is 15.9. The maximum Gasteiger partial charge on any atom is 0.326 e. The van der Waals surface area contributed by atoms with E-state index in [9.17, 15) is 19.6 Å². The molecule has 1 N–H and O–H groups in total. The fourth-order valence-electron chi connectivity index (χ4n) is 4.52. The highest BCUT2D eigenvalue weighted by atomic mass is 16.5. The molecular formula is C24H26N4O5. The van der Waals surface area contributed by atoms with Crippen LogP contribution in [0.3, 0.4) is 0 Å². The monoisotopic (exact) mass is 450 g/mol. The number of ether oxygens (including phenoxy) is 2. The smallest absolute Gasteiger partial charge is 0.326 e. The van der Waals surface area contributed by atoms with Crippen LogP contribution in [-0.4, -0.2) is 42.1 Å². The van der Waals surface area contributed by atoms with E-state index >= 15 is 0 Å². The molecule has 172 valence electrons. The Morgan fingerprint density at radius 3 is 2.70 bits per heavy atom. The summed E-state index contributed by atoms with van der Waals surface area (Å²) in [5.74, 6) is -0.656. The zero-order valence-corrected chi connectivity index (χ0v) is 18.7. The predicted octanol–water partition coefficient (Wildman–Crippen LogP) is 3.00. The van der Waals surface area contributed by atoms with Crippen LogP contribution in [-0.2, 0) is 19.1 Å². The second-order valence-corrected chi connectivity index (χ2v) is 8.30. The molecule has 1 aliphatic carbocycles. The van der Waals surface area contributed by atoms with Crippen LogP contribution in [0.1, 0.15) is 48.5 Å². The summed E-state index contributed by atoms with van der Waals surface area (Å²) in [5, 5.41) is 12.4. The van der Waals surface area contributed by atoms with Crippen molar-refractivity contribution in [3.05, 3.63) is 41.1 Å². The standard InChI is InChI=1S/C24H26N4O5/c1-15-16(2)28(17-7-3-4-8-17)24(18(15)11-25)26-21(29)13-33-23(31)12-27-19-9-5-6-10-20(19)32-14-22(27)30/h5-6,9-10,17H,3-4,7-8,12-14H2,1-2H3,(H,26,29). The van der Waals surface area contributed by atoms with Gasteiger partial charge in [-0.15, -0.1) is 0 Å². The summed E-state index contributed by atoms with van der Waals surface area (Å²) in [6.45, 7) is 2.80. The summed E-state index contributed by atoms with van der Waals surface area (Å²) >= 11 is 0. The zero-order valence-electron chi connectivity index (χ0n) is 18.7. The minimum atomic E-state index is -0.714. The van der Waals surface area contributed by atoms with Crippen LogP contribution in [0.15, 0.2) is 24.3 Å². The molecule has 2 heterocycles. The third-order valence-electron chi connectivity index (χ3n) is 6.28. The van der Waals surface area contributed by atoms with Crippen LogP contribution in [0.25, 0.3) is 0 Å². The minimum Gasteiger partial charge on any atom is -0.482 e. The van der Waals surface area contributed by atoms with Gasteiger partial charge < -0.3 is 19.4 Å². The zero-order chi connectivity index (χ0) is 23.5. The number of amides is 2. The molecule has 2 aromatic rings. The molecule has 0 spiro atoms. The molecule has 2 amide bonds. The van der Waals surface area contributed by atoms with Gasteiger partial charge in [0.25, 0.3) is 11.8 Å². The van der Waals surface area contributed by atoms with Crippen LogP contribution in [0, 0.1) is 25.2 Å². The first-order valence-corrected chi connectivity index (χ1v) is 11.0. The van der Waals surface area contributed by atoms with Gasteiger partial charge in [0.15, 0.2) is 13.2 Å². The Hall–Kier alpha value is -3.80. The molecule has 2 aliphatic rings. The van der Waals surface area contributed by atoms with Crippen LogP contribution < -0.4 is 15.0 Å². The van der Waals surface area contributed by atoms with Gasteiger partial charge in [-0.3, -0.25) is 19.3 Å². The molecule has 1 aromatic heterocycles. The highest BCUT2D eigenvalue weighted by Gasteiger charge is 2.29. The highest BCUT2D eigenvalue weighted by molar-refractivity contribution is 6.01. The second-order valence-electron chi connectivity index (χ2n) is 8.30. The molecule has 0 unspecified atom stereocenters. The number of esters is 1. The van der Waals surface area contributed by atoms with E-state index in [1.807, 2.05) is 18.4 Å². The molecule has 33 heavy (non-hydrogen) atoms. The van der Waals surface area contributed by atoms with Crippen LogP contribution in [0.4, 0.5) is 11.5 Å².